The molecule has 0 unspecified atom stereocenters. The topological polar surface area (TPSA) is 60.0 Å². The third-order valence-electron chi connectivity index (χ3n) is 3.28. The Morgan fingerprint density at radius 3 is 2.74 bits per heavy atom. The standard InChI is InChI=1S/C16H20N2O4S/c1-4-22-13-6-5-11(10-14(13)21-3)9-12-15(19)18(7-8-20-2)16(23)17-12/h5-6,9-10H,4,7-8H2,1-3H3,(H,17,23)/b12-9-. The van der Waals surface area contributed by atoms with Gasteiger partial charge in [-0.3, -0.25) is 9.69 Å². The number of ether oxygens (including phenoxy) is 3. The van der Waals surface area contributed by atoms with Crippen LogP contribution in [0.2, 0.25) is 0 Å². The van der Waals surface area contributed by atoms with E-state index >= 15 is 0 Å². The van der Waals surface area contributed by atoms with E-state index in [1.54, 1.807) is 20.3 Å². The number of hydrogen-bond acceptors (Lipinski definition) is 5. The molecule has 1 heterocycles. The maximum Gasteiger partial charge on any atom is 0.276 e. The van der Waals surface area contributed by atoms with Crippen molar-refractivity contribution in [1.82, 2.24) is 10.2 Å². The number of rotatable bonds is 7. The van der Waals surface area contributed by atoms with Gasteiger partial charge in [-0.25, -0.2) is 0 Å². The van der Waals surface area contributed by atoms with Gasteiger partial charge in [-0.15, -0.1) is 0 Å². The number of nitrogens with zero attached hydrogens (tertiary/aromatic N) is 1. The normalized spacial score (nSPS) is 16.0. The molecule has 7 heteroatoms. The van der Waals surface area contributed by atoms with Gasteiger partial charge in [0, 0.05) is 7.11 Å². The molecule has 1 N–H and O–H groups in total. The van der Waals surface area contributed by atoms with E-state index in [0.29, 0.717) is 42.1 Å². The maximum atomic E-state index is 12.3. The van der Waals surface area contributed by atoms with Gasteiger partial charge in [-0.2, -0.15) is 0 Å². The molecule has 6 nitrogen and oxygen atoms in total. The zero-order valence-corrected chi connectivity index (χ0v) is 14.2. The molecule has 23 heavy (non-hydrogen) atoms. The smallest absolute Gasteiger partial charge is 0.276 e. The van der Waals surface area contributed by atoms with Crippen LogP contribution in [0.25, 0.3) is 6.08 Å². The van der Waals surface area contributed by atoms with E-state index in [4.69, 9.17) is 26.4 Å². The highest BCUT2D eigenvalue weighted by atomic mass is 32.1. The lowest BCUT2D eigenvalue weighted by atomic mass is 10.1. The minimum atomic E-state index is -0.167. The molecule has 0 radical (unpaired) electrons. The fraction of sp³-hybridized carbons (Fsp3) is 0.375. The first-order valence-corrected chi connectivity index (χ1v) is 7.65. The zero-order chi connectivity index (χ0) is 16.8. The van der Waals surface area contributed by atoms with Gasteiger partial charge in [0.2, 0.25) is 0 Å². The highest BCUT2D eigenvalue weighted by Gasteiger charge is 2.30. The number of benzene rings is 1. The van der Waals surface area contributed by atoms with Gasteiger partial charge in [-0.05, 0) is 42.9 Å². The third kappa shape index (κ3) is 4.00. The van der Waals surface area contributed by atoms with E-state index in [1.807, 2.05) is 25.1 Å². The van der Waals surface area contributed by atoms with Crippen LogP contribution in [0.15, 0.2) is 23.9 Å². The molecule has 0 atom stereocenters. The van der Waals surface area contributed by atoms with Gasteiger partial charge in [-0.1, -0.05) is 6.07 Å². The molecule has 0 aliphatic carbocycles. The second-order valence-electron chi connectivity index (χ2n) is 4.78. The number of amides is 1. The summed E-state index contributed by atoms with van der Waals surface area (Å²) in [5.41, 5.74) is 1.25. The van der Waals surface area contributed by atoms with Crippen LogP contribution in [-0.2, 0) is 9.53 Å². The van der Waals surface area contributed by atoms with Crippen LogP contribution >= 0.6 is 12.2 Å². The number of hydrogen-bond donors (Lipinski definition) is 1. The summed E-state index contributed by atoms with van der Waals surface area (Å²) in [6.07, 6.45) is 1.74. The molecule has 1 aliphatic heterocycles. The van der Waals surface area contributed by atoms with Gasteiger partial charge in [0.1, 0.15) is 5.70 Å². The molecule has 2 rings (SSSR count). The lowest BCUT2D eigenvalue weighted by Gasteiger charge is -2.12. The largest absolute Gasteiger partial charge is 0.493 e. The predicted octanol–water partition coefficient (Wildman–Crippen LogP) is 1.80. The first kappa shape index (κ1) is 17.2. The van der Waals surface area contributed by atoms with Crippen LogP contribution in [0.4, 0.5) is 0 Å². The average molecular weight is 336 g/mol. The molecule has 0 aromatic heterocycles. The van der Waals surface area contributed by atoms with Gasteiger partial charge < -0.3 is 19.5 Å². The lowest BCUT2D eigenvalue weighted by molar-refractivity contribution is -0.122. The van der Waals surface area contributed by atoms with Crippen LogP contribution < -0.4 is 14.8 Å². The van der Waals surface area contributed by atoms with E-state index in [-0.39, 0.29) is 5.91 Å². The Kier molecular flexibility index (Phi) is 5.95. The SMILES string of the molecule is CCOc1ccc(/C=C2\NC(=S)N(CCOC)C2=O)cc1OC. The van der Waals surface area contributed by atoms with E-state index in [2.05, 4.69) is 5.32 Å². The summed E-state index contributed by atoms with van der Waals surface area (Å²) >= 11 is 5.18. The Morgan fingerprint density at radius 1 is 1.30 bits per heavy atom. The molecule has 1 fully saturated rings. The van der Waals surface area contributed by atoms with Crippen LogP contribution in [0.3, 0.4) is 0 Å². The summed E-state index contributed by atoms with van der Waals surface area (Å²) in [6.45, 7) is 3.31. The highest BCUT2D eigenvalue weighted by molar-refractivity contribution is 7.80. The van der Waals surface area contributed by atoms with Crippen LogP contribution in [-0.4, -0.2) is 49.9 Å². The van der Waals surface area contributed by atoms with Crippen molar-refractivity contribution >= 4 is 29.3 Å². The van der Waals surface area contributed by atoms with Gasteiger partial charge >= 0.3 is 0 Å². The van der Waals surface area contributed by atoms with Crippen LogP contribution in [0.1, 0.15) is 12.5 Å². The molecule has 0 spiro atoms. The number of thiocarbonyl (C=S) groups is 1. The number of nitrogens with one attached hydrogen (secondary N) is 1. The molecule has 124 valence electrons. The van der Waals surface area contributed by atoms with Crippen molar-refractivity contribution in [1.29, 1.82) is 0 Å². The average Bonchev–Trinajstić information content (AvgIpc) is 2.81. The van der Waals surface area contributed by atoms with Gasteiger partial charge in [0.25, 0.3) is 5.91 Å². The third-order valence-corrected chi connectivity index (χ3v) is 3.60. The monoisotopic (exact) mass is 336 g/mol. The molecule has 1 aromatic rings. The summed E-state index contributed by atoms with van der Waals surface area (Å²) in [5, 5.41) is 3.32. The minimum absolute atomic E-state index is 0.167. The van der Waals surface area contributed by atoms with Crippen molar-refractivity contribution in [3.05, 3.63) is 29.5 Å². The first-order valence-electron chi connectivity index (χ1n) is 7.25. The Morgan fingerprint density at radius 2 is 2.09 bits per heavy atom. The fourth-order valence-corrected chi connectivity index (χ4v) is 2.46. The van der Waals surface area contributed by atoms with E-state index in [9.17, 15) is 4.79 Å². The molecule has 1 aliphatic rings. The van der Waals surface area contributed by atoms with E-state index < -0.39 is 0 Å². The Labute approximate surface area is 141 Å². The van der Waals surface area contributed by atoms with Crippen LogP contribution in [0.5, 0.6) is 11.5 Å². The maximum absolute atomic E-state index is 12.3. The van der Waals surface area contributed by atoms with Gasteiger partial charge in [0.15, 0.2) is 16.6 Å². The number of methoxy groups -OCH3 is 2. The molecule has 1 saturated heterocycles. The fourth-order valence-electron chi connectivity index (χ4n) is 2.17. The predicted molar refractivity (Wildman–Crippen MR) is 91.5 cm³/mol. The van der Waals surface area contributed by atoms with Crippen molar-refractivity contribution < 1.29 is 19.0 Å². The minimum Gasteiger partial charge on any atom is -0.493 e. The molecular weight excluding hydrogens is 316 g/mol. The Hall–Kier alpha value is -2.12. The van der Waals surface area contributed by atoms with Crippen molar-refractivity contribution in [2.75, 3.05) is 34.0 Å². The molecule has 1 aromatic carbocycles. The molecular formula is C16H20N2O4S. The van der Waals surface area contributed by atoms with Crippen molar-refractivity contribution in [3.63, 3.8) is 0 Å². The quantitative estimate of drug-likeness (QED) is 0.605. The van der Waals surface area contributed by atoms with Crippen LogP contribution in [0, 0.1) is 0 Å². The summed E-state index contributed by atoms with van der Waals surface area (Å²) in [7, 11) is 3.16. The Bertz CT molecular complexity index is 631. The number of carbonyl (C=O) groups is 1. The summed E-state index contributed by atoms with van der Waals surface area (Å²) in [6, 6.07) is 5.49. The van der Waals surface area contributed by atoms with Crippen molar-refractivity contribution in [2.24, 2.45) is 0 Å². The van der Waals surface area contributed by atoms with E-state index in [0.717, 1.165) is 5.56 Å². The second-order valence-corrected chi connectivity index (χ2v) is 5.17. The molecule has 0 bridgehead atoms. The summed E-state index contributed by atoms with van der Waals surface area (Å²) < 4.78 is 15.8. The molecule has 0 saturated carbocycles. The van der Waals surface area contributed by atoms with Gasteiger partial charge in [0.05, 0.1) is 26.9 Å². The number of carbonyl (C=O) groups excluding carboxylic acids is 1. The summed E-state index contributed by atoms with van der Waals surface area (Å²) in [5.74, 6) is 1.12. The van der Waals surface area contributed by atoms with E-state index in [1.165, 1.54) is 4.90 Å². The van der Waals surface area contributed by atoms with Crippen molar-refractivity contribution in [3.8, 4) is 11.5 Å². The summed E-state index contributed by atoms with van der Waals surface area (Å²) in [4.78, 5) is 13.8. The Balaban J connectivity index is 2.21. The highest BCUT2D eigenvalue weighted by Crippen LogP contribution is 2.29. The van der Waals surface area contributed by atoms with Crippen molar-refractivity contribution in [2.45, 2.75) is 6.92 Å². The zero-order valence-electron chi connectivity index (χ0n) is 13.4. The molecule has 1 amide bonds. The first-order chi connectivity index (χ1) is 11.1. The second kappa shape index (κ2) is 7.94. The lowest BCUT2D eigenvalue weighted by Crippen LogP contribution is -2.33.